The molecule has 3 atom stereocenters. The SMILES string of the molecule is COC(=O)CNC(=O)[C@@H](CSC[C@H](CC(=O)OC(C)(C)C)C(=O)OC)CC(=O)CC[C@@H](NC(=O)OC(C)(C)C)C(=O)OC. The molecular formula is C28H46N2O12S. The number of rotatable bonds is 17. The van der Waals surface area contributed by atoms with Gasteiger partial charge in [0.1, 0.15) is 29.6 Å². The Kier molecular flexibility index (Phi) is 17.5. The van der Waals surface area contributed by atoms with E-state index in [9.17, 15) is 33.6 Å². The Morgan fingerprint density at radius 3 is 1.77 bits per heavy atom. The maximum absolute atomic E-state index is 12.9. The summed E-state index contributed by atoms with van der Waals surface area (Å²) < 4.78 is 24.5. The number of ketones is 1. The standard InChI is InChI=1S/C28H46N2O12S/c1-27(2,3)41-21(32)13-18(24(35)39-8)16-43-15-17(23(34)29-14-22(33)38-7)12-19(31)10-11-20(25(36)40-9)30-26(37)42-28(4,5)6/h17-18,20H,10-16H2,1-9H3,(H,29,34)(H,30,37)/t17-,18+,20-/m1/s1. The van der Waals surface area contributed by atoms with Gasteiger partial charge in [0.2, 0.25) is 5.91 Å². The van der Waals surface area contributed by atoms with Crippen LogP contribution in [0.4, 0.5) is 4.79 Å². The van der Waals surface area contributed by atoms with Gasteiger partial charge < -0.3 is 34.3 Å². The summed E-state index contributed by atoms with van der Waals surface area (Å²) in [5.41, 5.74) is -1.56. The fourth-order valence-corrected chi connectivity index (χ4v) is 4.67. The van der Waals surface area contributed by atoms with Gasteiger partial charge >= 0.3 is 30.0 Å². The van der Waals surface area contributed by atoms with Crippen molar-refractivity contribution in [1.82, 2.24) is 10.6 Å². The third kappa shape index (κ3) is 18.7. The molecule has 0 heterocycles. The van der Waals surface area contributed by atoms with Crippen LogP contribution in [-0.4, -0.2) is 98.3 Å². The molecule has 0 saturated carbocycles. The van der Waals surface area contributed by atoms with Gasteiger partial charge in [0.25, 0.3) is 0 Å². The Morgan fingerprint density at radius 2 is 1.26 bits per heavy atom. The zero-order valence-corrected chi connectivity index (χ0v) is 27.3. The fraction of sp³-hybridized carbons (Fsp3) is 0.750. The van der Waals surface area contributed by atoms with E-state index in [4.69, 9.17) is 18.9 Å². The van der Waals surface area contributed by atoms with Crippen LogP contribution in [-0.2, 0) is 52.5 Å². The molecule has 0 rings (SSSR count). The van der Waals surface area contributed by atoms with Gasteiger partial charge in [-0.1, -0.05) is 0 Å². The first kappa shape index (κ1) is 39.6. The minimum absolute atomic E-state index is 0.0527. The predicted molar refractivity (Wildman–Crippen MR) is 156 cm³/mol. The minimum atomic E-state index is -1.17. The van der Waals surface area contributed by atoms with Crippen LogP contribution in [0.5, 0.6) is 0 Å². The molecule has 0 spiro atoms. The van der Waals surface area contributed by atoms with Crippen LogP contribution in [0.25, 0.3) is 0 Å². The topological polar surface area (TPSA) is 190 Å². The number of Topliss-reactive ketones (excluding diaryl/α,β-unsaturated/α-hetero) is 1. The molecule has 0 bridgehead atoms. The molecule has 0 aromatic carbocycles. The zero-order chi connectivity index (χ0) is 33.4. The van der Waals surface area contributed by atoms with Crippen LogP contribution in [0.3, 0.4) is 0 Å². The molecule has 0 aliphatic carbocycles. The molecule has 0 radical (unpaired) electrons. The van der Waals surface area contributed by atoms with Crippen molar-refractivity contribution < 1.29 is 57.2 Å². The van der Waals surface area contributed by atoms with Crippen molar-refractivity contribution in [2.45, 2.75) is 84.5 Å². The van der Waals surface area contributed by atoms with Gasteiger partial charge in [-0.25, -0.2) is 9.59 Å². The van der Waals surface area contributed by atoms with Gasteiger partial charge in [0, 0.05) is 24.3 Å². The number of carbonyl (C=O) groups excluding carboxylic acids is 7. The Labute approximate surface area is 257 Å². The molecule has 15 heteroatoms. The lowest BCUT2D eigenvalue weighted by atomic mass is 9.99. The number of hydrogen-bond donors (Lipinski definition) is 2. The first-order chi connectivity index (χ1) is 19.8. The van der Waals surface area contributed by atoms with Gasteiger partial charge in [-0.2, -0.15) is 11.8 Å². The second kappa shape index (κ2) is 19.0. The molecule has 246 valence electrons. The van der Waals surface area contributed by atoms with E-state index in [-0.39, 0.29) is 37.2 Å². The number of ether oxygens (including phenoxy) is 5. The molecule has 0 aliphatic heterocycles. The van der Waals surface area contributed by atoms with Crippen LogP contribution in [0.1, 0.15) is 67.2 Å². The number of methoxy groups -OCH3 is 3. The lowest BCUT2D eigenvalue weighted by molar-refractivity contribution is -0.160. The van der Waals surface area contributed by atoms with Crippen molar-refractivity contribution in [3.63, 3.8) is 0 Å². The molecule has 0 fully saturated rings. The number of hydrogen-bond acceptors (Lipinski definition) is 13. The number of thioether (sulfide) groups is 1. The van der Waals surface area contributed by atoms with E-state index in [0.717, 1.165) is 26.0 Å². The number of nitrogens with one attached hydrogen (secondary N) is 2. The van der Waals surface area contributed by atoms with Crippen LogP contribution in [0.15, 0.2) is 0 Å². The summed E-state index contributed by atoms with van der Waals surface area (Å²) in [6.45, 7) is 9.62. The molecule has 2 amide bonds. The van der Waals surface area contributed by atoms with Crippen LogP contribution in [0.2, 0.25) is 0 Å². The summed E-state index contributed by atoms with van der Waals surface area (Å²) in [5, 5.41) is 4.80. The second-order valence-electron chi connectivity index (χ2n) is 11.5. The third-order valence-electron chi connectivity index (χ3n) is 5.37. The van der Waals surface area contributed by atoms with E-state index < -0.39 is 77.3 Å². The zero-order valence-electron chi connectivity index (χ0n) is 26.5. The monoisotopic (exact) mass is 634 g/mol. The summed E-state index contributed by atoms with van der Waals surface area (Å²) in [6.07, 6.45) is -1.68. The average molecular weight is 635 g/mol. The normalized spacial score (nSPS) is 13.4. The van der Waals surface area contributed by atoms with Crippen molar-refractivity contribution in [3.8, 4) is 0 Å². The van der Waals surface area contributed by atoms with Gasteiger partial charge in [-0.05, 0) is 48.0 Å². The first-order valence-corrected chi connectivity index (χ1v) is 14.8. The number of carbonyl (C=O) groups is 7. The summed E-state index contributed by atoms with van der Waals surface area (Å²) in [7, 11) is 3.49. The summed E-state index contributed by atoms with van der Waals surface area (Å²) in [6, 6.07) is -1.17. The first-order valence-electron chi connectivity index (χ1n) is 13.6. The van der Waals surface area contributed by atoms with E-state index in [2.05, 4.69) is 15.4 Å². The highest BCUT2D eigenvalue weighted by molar-refractivity contribution is 7.99. The van der Waals surface area contributed by atoms with Gasteiger partial charge in [-0.15, -0.1) is 0 Å². The molecule has 43 heavy (non-hydrogen) atoms. The Morgan fingerprint density at radius 1 is 0.698 bits per heavy atom. The van der Waals surface area contributed by atoms with E-state index in [1.807, 2.05) is 0 Å². The van der Waals surface area contributed by atoms with Crippen LogP contribution < -0.4 is 10.6 Å². The summed E-state index contributed by atoms with van der Waals surface area (Å²) in [4.78, 5) is 86.2. The molecule has 0 aliphatic rings. The molecule has 0 unspecified atom stereocenters. The van der Waals surface area contributed by atoms with Crippen molar-refractivity contribution in [1.29, 1.82) is 0 Å². The smallest absolute Gasteiger partial charge is 0.408 e. The van der Waals surface area contributed by atoms with Crippen LogP contribution >= 0.6 is 11.8 Å². The average Bonchev–Trinajstić information content (AvgIpc) is 2.89. The van der Waals surface area contributed by atoms with E-state index in [1.54, 1.807) is 41.5 Å². The number of esters is 4. The van der Waals surface area contributed by atoms with Crippen molar-refractivity contribution in [2.75, 3.05) is 39.4 Å². The van der Waals surface area contributed by atoms with Gasteiger partial charge in [-0.3, -0.25) is 24.0 Å². The highest BCUT2D eigenvalue weighted by Gasteiger charge is 2.30. The van der Waals surface area contributed by atoms with Crippen molar-refractivity contribution >= 4 is 53.4 Å². The number of alkyl carbamates (subject to hydrolysis) is 1. The quantitative estimate of drug-likeness (QED) is 0.175. The number of amides is 2. The fourth-order valence-electron chi connectivity index (χ4n) is 3.44. The summed E-state index contributed by atoms with van der Waals surface area (Å²) >= 11 is 1.14. The maximum atomic E-state index is 12.9. The van der Waals surface area contributed by atoms with E-state index in [1.165, 1.54) is 7.11 Å². The van der Waals surface area contributed by atoms with Crippen molar-refractivity contribution in [3.05, 3.63) is 0 Å². The molecule has 2 N–H and O–H groups in total. The van der Waals surface area contributed by atoms with Crippen molar-refractivity contribution in [2.24, 2.45) is 11.8 Å². The van der Waals surface area contributed by atoms with E-state index in [0.29, 0.717) is 0 Å². The van der Waals surface area contributed by atoms with Crippen LogP contribution in [0, 0.1) is 11.8 Å². The molecule has 0 saturated heterocycles. The minimum Gasteiger partial charge on any atom is -0.469 e. The highest BCUT2D eigenvalue weighted by atomic mass is 32.2. The summed E-state index contributed by atoms with van der Waals surface area (Å²) in [5.74, 6) is -5.36. The maximum Gasteiger partial charge on any atom is 0.408 e. The molecular weight excluding hydrogens is 588 g/mol. The van der Waals surface area contributed by atoms with Gasteiger partial charge in [0.15, 0.2) is 0 Å². The molecule has 0 aromatic heterocycles. The van der Waals surface area contributed by atoms with Gasteiger partial charge in [0.05, 0.1) is 39.6 Å². The Bertz CT molecular complexity index is 987. The lowest BCUT2D eigenvalue weighted by Gasteiger charge is -2.23. The Hall–Kier alpha value is -3.36. The van der Waals surface area contributed by atoms with E-state index >= 15 is 0 Å². The Balaban J connectivity index is 5.47. The lowest BCUT2D eigenvalue weighted by Crippen LogP contribution is -2.44. The molecule has 14 nitrogen and oxygen atoms in total. The largest absolute Gasteiger partial charge is 0.469 e. The predicted octanol–water partition coefficient (Wildman–Crippen LogP) is 1.95. The third-order valence-corrected chi connectivity index (χ3v) is 6.65. The highest BCUT2D eigenvalue weighted by Crippen LogP contribution is 2.22. The second-order valence-corrected chi connectivity index (χ2v) is 12.6. The molecule has 0 aromatic rings.